The van der Waals surface area contributed by atoms with Gasteiger partial charge in [0, 0.05) is 6.54 Å². The van der Waals surface area contributed by atoms with Crippen LogP contribution in [0.25, 0.3) is 0 Å². The molecule has 1 aliphatic heterocycles. The average Bonchev–Trinajstić information content (AvgIpc) is 2.49. The van der Waals surface area contributed by atoms with Crippen LogP contribution in [0.1, 0.15) is 19.8 Å². The van der Waals surface area contributed by atoms with Crippen molar-refractivity contribution in [3.63, 3.8) is 0 Å². The monoisotopic (exact) mass is 262 g/mol. The molecular formula is C16H26N2O. The van der Waals surface area contributed by atoms with E-state index in [0.717, 1.165) is 31.4 Å². The molecule has 0 aromatic heterocycles. The highest BCUT2D eigenvalue weighted by Gasteiger charge is 2.17. The van der Waals surface area contributed by atoms with Gasteiger partial charge in [-0.05, 0) is 57.1 Å². The van der Waals surface area contributed by atoms with Crippen molar-refractivity contribution in [3.05, 3.63) is 30.3 Å². The number of hydrogen-bond acceptors (Lipinski definition) is 3. The molecule has 0 bridgehead atoms. The van der Waals surface area contributed by atoms with Crippen LogP contribution < -0.4 is 10.1 Å². The number of nitrogens with one attached hydrogen (secondary N) is 1. The molecule has 0 saturated carbocycles. The maximum atomic E-state index is 5.66. The van der Waals surface area contributed by atoms with Crippen LogP contribution in [-0.2, 0) is 0 Å². The van der Waals surface area contributed by atoms with Gasteiger partial charge >= 0.3 is 0 Å². The summed E-state index contributed by atoms with van der Waals surface area (Å²) in [5.41, 5.74) is 0. The summed E-state index contributed by atoms with van der Waals surface area (Å²) in [5, 5.41) is 3.51. The number of ether oxygens (including phenoxy) is 1. The van der Waals surface area contributed by atoms with Gasteiger partial charge in [0.05, 0.1) is 0 Å². The molecule has 1 aliphatic rings. The maximum absolute atomic E-state index is 5.66. The molecule has 0 atom stereocenters. The Balaban J connectivity index is 1.51. The van der Waals surface area contributed by atoms with Crippen LogP contribution in [0, 0.1) is 5.92 Å². The number of hydrogen-bond donors (Lipinski definition) is 1. The molecule has 1 N–H and O–H groups in total. The Kier molecular flexibility index (Phi) is 6.18. The van der Waals surface area contributed by atoms with Gasteiger partial charge in [-0.1, -0.05) is 25.1 Å². The molecular weight excluding hydrogens is 236 g/mol. The van der Waals surface area contributed by atoms with E-state index < -0.39 is 0 Å². The topological polar surface area (TPSA) is 24.5 Å². The molecule has 1 aromatic rings. The summed E-state index contributed by atoms with van der Waals surface area (Å²) in [6.07, 6.45) is 2.67. The zero-order valence-electron chi connectivity index (χ0n) is 12.0. The second kappa shape index (κ2) is 8.18. The lowest BCUT2D eigenvalue weighted by molar-refractivity contribution is 0.188. The van der Waals surface area contributed by atoms with Gasteiger partial charge in [0.25, 0.3) is 0 Å². The summed E-state index contributed by atoms with van der Waals surface area (Å²) in [6, 6.07) is 10.0. The normalized spacial score (nSPS) is 17.5. The van der Waals surface area contributed by atoms with E-state index in [1.54, 1.807) is 0 Å². The predicted octanol–water partition coefficient (Wildman–Crippen LogP) is 2.39. The van der Waals surface area contributed by atoms with E-state index in [9.17, 15) is 0 Å². The number of para-hydroxylation sites is 1. The molecule has 19 heavy (non-hydrogen) atoms. The van der Waals surface area contributed by atoms with Gasteiger partial charge in [0.15, 0.2) is 0 Å². The lowest BCUT2D eigenvalue weighted by Crippen LogP contribution is -2.37. The first kappa shape index (κ1) is 14.4. The quantitative estimate of drug-likeness (QED) is 0.764. The van der Waals surface area contributed by atoms with Crippen molar-refractivity contribution in [2.75, 3.05) is 39.3 Å². The van der Waals surface area contributed by atoms with Crippen molar-refractivity contribution < 1.29 is 4.74 Å². The summed E-state index contributed by atoms with van der Waals surface area (Å²) < 4.78 is 5.66. The summed E-state index contributed by atoms with van der Waals surface area (Å²) in [5.74, 6) is 1.81. The van der Waals surface area contributed by atoms with E-state index >= 15 is 0 Å². The summed E-state index contributed by atoms with van der Waals surface area (Å²) in [7, 11) is 0. The second-order valence-corrected chi connectivity index (χ2v) is 5.24. The minimum Gasteiger partial charge on any atom is -0.492 e. The lowest BCUT2D eigenvalue weighted by atomic mass is 9.97. The van der Waals surface area contributed by atoms with E-state index in [0.29, 0.717) is 0 Å². The van der Waals surface area contributed by atoms with Gasteiger partial charge in [-0.2, -0.15) is 0 Å². The van der Waals surface area contributed by atoms with Crippen LogP contribution in [0.5, 0.6) is 5.75 Å². The van der Waals surface area contributed by atoms with E-state index in [2.05, 4.69) is 17.1 Å². The van der Waals surface area contributed by atoms with Crippen LogP contribution in [0.4, 0.5) is 0 Å². The van der Waals surface area contributed by atoms with Gasteiger partial charge in [-0.3, -0.25) is 0 Å². The minimum absolute atomic E-state index is 0.748. The molecule has 3 nitrogen and oxygen atoms in total. The van der Waals surface area contributed by atoms with E-state index in [4.69, 9.17) is 4.74 Å². The molecule has 0 amide bonds. The molecule has 0 spiro atoms. The third kappa shape index (κ3) is 5.21. The zero-order valence-corrected chi connectivity index (χ0v) is 12.0. The van der Waals surface area contributed by atoms with Gasteiger partial charge in [0.1, 0.15) is 12.4 Å². The zero-order chi connectivity index (χ0) is 13.3. The summed E-state index contributed by atoms with van der Waals surface area (Å²) in [4.78, 5) is 2.54. The lowest BCUT2D eigenvalue weighted by Gasteiger charge is -2.31. The Morgan fingerprint density at radius 2 is 1.95 bits per heavy atom. The Bertz CT molecular complexity index is 334. The van der Waals surface area contributed by atoms with Gasteiger partial charge in [-0.25, -0.2) is 0 Å². The van der Waals surface area contributed by atoms with E-state index in [-0.39, 0.29) is 0 Å². The highest BCUT2D eigenvalue weighted by molar-refractivity contribution is 5.20. The first-order valence-electron chi connectivity index (χ1n) is 7.49. The predicted molar refractivity (Wildman–Crippen MR) is 79.6 cm³/mol. The fourth-order valence-electron chi connectivity index (χ4n) is 2.57. The van der Waals surface area contributed by atoms with Crippen molar-refractivity contribution in [3.8, 4) is 5.75 Å². The molecule has 1 fully saturated rings. The number of likely N-dealkylation sites (tertiary alicyclic amines) is 1. The number of benzene rings is 1. The third-order valence-corrected chi connectivity index (χ3v) is 3.88. The smallest absolute Gasteiger partial charge is 0.119 e. The first-order valence-corrected chi connectivity index (χ1v) is 7.49. The van der Waals surface area contributed by atoms with Crippen molar-refractivity contribution >= 4 is 0 Å². The van der Waals surface area contributed by atoms with Crippen molar-refractivity contribution in [2.45, 2.75) is 19.8 Å². The molecule has 1 saturated heterocycles. The molecule has 2 rings (SSSR count). The highest BCUT2D eigenvalue weighted by atomic mass is 16.5. The van der Waals surface area contributed by atoms with Crippen LogP contribution in [0.15, 0.2) is 30.3 Å². The van der Waals surface area contributed by atoms with Crippen LogP contribution in [-0.4, -0.2) is 44.2 Å². The summed E-state index contributed by atoms with van der Waals surface area (Å²) >= 11 is 0. The first-order chi connectivity index (χ1) is 9.38. The van der Waals surface area contributed by atoms with E-state index in [1.165, 1.54) is 32.5 Å². The fraction of sp³-hybridized carbons (Fsp3) is 0.625. The van der Waals surface area contributed by atoms with Crippen LogP contribution >= 0.6 is 0 Å². The second-order valence-electron chi connectivity index (χ2n) is 5.24. The highest BCUT2D eigenvalue weighted by Crippen LogP contribution is 2.15. The molecule has 1 heterocycles. The minimum atomic E-state index is 0.748. The van der Waals surface area contributed by atoms with Crippen molar-refractivity contribution in [1.29, 1.82) is 0 Å². The van der Waals surface area contributed by atoms with Gasteiger partial charge < -0.3 is 15.0 Å². The average molecular weight is 262 g/mol. The number of piperidine rings is 1. The van der Waals surface area contributed by atoms with Crippen LogP contribution in [0.2, 0.25) is 0 Å². The summed E-state index contributed by atoms with van der Waals surface area (Å²) in [6.45, 7) is 8.80. The Hall–Kier alpha value is -1.06. The van der Waals surface area contributed by atoms with Crippen molar-refractivity contribution in [2.24, 2.45) is 5.92 Å². The maximum Gasteiger partial charge on any atom is 0.119 e. The molecule has 1 aromatic carbocycles. The number of nitrogens with zero attached hydrogens (tertiary/aromatic N) is 1. The SMILES string of the molecule is CCN1CCC(CNCCOc2ccccc2)CC1. The third-order valence-electron chi connectivity index (χ3n) is 3.88. The molecule has 0 aliphatic carbocycles. The Labute approximate surface area is 116 Å². The Morgan fingerprint density at radius 3 is 2.63 bits per heavy atom. The fourth-order valence-corrected chi connectivity index (χ4v) is 2.57. The van der Waals surface area contributed by atoms with E-state index in [1.807, 2.05) is 30.3 Å². The largest absolute Gasteiger partial charge is 0.492 e. The molecule has 0 radical (unpaired) electrons. The van der Waals surface area contributed by atoms with Gasteiger partial charge in [-0.15, -0.1) is 0 Å². The van der Waals surface area contributed by atoms with Crippen molar-refractivity contribution in [1.82, 2.24) is 10.2 Å². The van der Waals surface area contributed by atoms with Crippen LogP contribution in [0.3, 0.4) is 0 Å². The standard InChI is InChI=1S/C16H26N2O/c1-2-18-11-8-15(9-12-18)14-17-10-13-19-16-6-4-3-5-7-16/h3-7,15,17H,2,8-14H2,1H3. The molecule has 3 heteroatoms. The number of rotatable bonds is 7. The Morgan fingerprint density at radius 1 is 1.21 bits per heavy atom. The van der Waals surface area contributed by atoms with Gasteiger partial charge in [0.2, 0.25) is 0 Å². The molecule has 0 unspecified atom stereocenters. The molecule has 106 valence electrons.